The fourth-order valence-electron chi connectivity index (χ4n) is 4.93. The SMILES string of the molecule is Cc1cc(-c2ccc(C(F)(F)F)nn2)ccc1C(CCC(F)(F)F)Nc1ccc(C(=O)N2CCC[C@@H](C(=O)O)C2)cc1. The summed E-state index contributed by atoms with van der Waals surface area (Å²) in [5.41, 5.74) is 1.45. The number of anilines is 1. The van der Waals surface area contributed by atoms with Crippen LogP contribution in [0.15, 0.2) is 54.6 Å². The zero-order valence-corrected chi connectivity index (χ0v) is 22.5. The van der Waals surface area contributed by atoms with Crippen LogP contribution in [0.1, 0.15) is 58.9 Å². The highest BCUT2D eigenvalue weighted by Gasteiger charge is 2.33. The number of carboxylic acids is 1. The third-order valence-corrected chi connectivity index (χ3v) is 7.14. The number of carboxylic acid groups (broad SMARTS) is 1. The number of carbonyl (C=O) groups is 2. The second-order valence-corrected chi connectivity index (χ2v) is 10.2. The van der Waals surface area contributed by atoms with Crippen LogP contribution in [0.4, 0.5) is 32.0 Å². The first-order chi connectivity index (χ1) is 19.7. The van der Waals surface area contributed by atoms with Crippen molar-refractivity contribution in [1.29, 1.82) is 0 Å². The fourth-order valence-corrected chi connectivity index (χ4v) is 4.93. The van der Waals surface area contributed by atoms with E-state index in [0.717, 1.165) is 6.07 Å². The summed E-state index contributed by atoms with van der Waals surface area (Å²) in [6.07, 6.45) is -9.32. The number of piperidine rings is 1. The smallest absolute Gasteiger partial charge is 0.435 e. The van der Waals surface area contributed by atoms with E-state index in [4.69, 9.17) is 0 Å². The van der Waals surface area contributed by atoms with Crippen molar-refractivity contribution in [3.05, 3.63) is 77.0 Å². The molecule has 0 saturated carbocycles. The third kappa shape index (κ3) is 7.77. The number of amides is 1. The number of aromatic nitrogens is 2. The minimum absolute atomic E-state index is 0.112. The van der Waals surface area contributed by atoms with Crippen molar-refractivity contribution in [1.82, 2.24) is 15.1 Å². The van der Waals surface area contributed by atoms with E-state index in [-0.39, 0.29) is 24.6 Å². The van der Waals surface area contributed by atoms with Gasteiger partial charge in [-0.25, -0.2) is 0 Å². The van der Waals surface area contributed by atoms with Crippen LogP contribution < -0.4 is 5.32 Å². The second-order valence-electron chi connectivity index (χ2n) is 10.2. The molecule has 1 amide bonds. The molecule has 2 atom stereocenters. The van der Waals surface area contributed by atoms with Crippen LogP contribution in [0.25, 0.3) is 11.3 Å². The Hall–Kier alpha value is -4.16. The largest absolute Gasteiger partial charge is 0.481 e. The maximum atomic E-state index is 13.2. The zero-order chi connectivity index (χ0) is 30.7. The van der Waals surface area contributed by atoms with Gasteiger partial charge in [0.25, 0.3) is 5.91 Å². The van der Waals surface area contributed by atoms with Crippen LogP contribution in [-0.4, -0.2) is 51.3 Å². The van der Waals surface area contributed by atoms with Gasteiger partial charge in [0.05, 0.1) is 17.7 Å². The van der Waals surface area contributed by atoms with E-state index in [1.165, 1.54) is 23.1 Å². The van der Waals surface area contributed by atoms with E-state index in [1.54, 1.807) is 37.3 Å². The van der Waals surface area contributed by atoms with Gasteiger partial charge in [-0.2, -0.15) is 26.3 Å². The van der Waals surface area contributed by atoms with Crippen molar-refractivity contribution in [2.45, 2.75) is 51.0 Å². The van der Waals surface area contributed by atoms with Gasteiger partial charge in [-0.15, -0.1) is 10.2 Å². The molecule has 7 nitrogen and oxygen atoms in total. The number of carbonyl (C=O) groups excluding carboxylic acids is 1. The highest BCUT2D eigenvalue weighted by atomic mass is 19.4. The molecule has 13 heteroatoms. The highest BCUT2D eigenvalue weighted by molar-refractivity contribution is 5.95. The molecular weight excluding hydrogens is 566 g/mol. The van der Waals surface area contributed by atoms with Gasteiger partial charge in [0, 0.05) is 36.3 Å². The molecule has 0 radical (unpaired) electrons. The quantitative estimate of drug-likeness (QED) is 0.276. The van der Waals surface area contributed by atoms with Crippen LogP contribution >= 0.6 is 0 Å². The Balaban J connectivity index is 1.52. The summed E-state index contributed by atoms with van der Waals surface area (Å²) in [4.78, 5) is 25.7. The average molecular weight is 595 g/mol. The van der Waals surface area contributed by atoms with E-state index in [0.29, 0.717) is 47.3 Å². The van der Waals surface area contributed by atoms with E-state index >= 15 is 0 Å². The lowest BCUT2D eigenvalue weighted by molar-refractivity contribution is -0.143. The standard InChI is InChI=1S/C29H28F6N4O3/c1-17-15-19(23-10-11-25(38-37-23)29(33,34)35)6-9-22(17)24(12-13-28(30,31)32)36-21-7-4-18(5-8-21)26(40)39-14-2-3-20(16-39)27(41)42/h4-11,15,20,24,36H,2-3,12-14,16H2,1H3,(H,41,42)/t20-,24?/m1/s1. The van der Waals surface area contributed by atoms with Gasteiger partial charge in [0.2, 0.25) is 0 Å². The molecule has 2 aromatic carbocycles. The van der Waals surface area contributed by atoms with Crippen molar-refractivity contribution in [2.24, 2.45) is 5.92 Å². The lowest BCUT2D eigenvalue weighted by Gasteiger charge is -2.30. The molecule has 2 heterocycles. The van der Waals surface area contributed by atoms with Gasteiger partial charge in [0.1, 0.15) is 0 Å². The molecule has 0 aliphatic carbocycles. The summed E-state index contributed by atoms with van der Waals surface area (Å²) >= 11 is 0. The number of alkyl halides is 6. The van der Waals surface area contributed by atoms with E-state index < -0.39 is 42.4 Å². The van der Waals surface area contributed by atoms with Gasteiger partial charge in [-0.05, 0) is 79.8 Å². The predicted octanol–water partition coefficient (Wildman–Crippen LogP) is 6.90. The molecule has 1 fully saturated rings. The molecule has 224 valence electrons. The van der Waals surface area contributed by atoms with Gasteiger partial charge in [0.15, 0.2) is 5.69 Å². The number of aryl methyl sites for hydroxylation is 1. The number of rotatable bonds is 8. The minimum Gasteiger partial charge on any atom is -0.481 e. The fraction of sp³-hybridized carbons (Fsp3) is 0.379. The van der Waals surface area contributed by atoms with Crippen molar-refractivity contribution in [2.75, 3.05) is 18.4 Å². The van der Waals surface area contributed by atoms with Gasteiger partial charge in [-0.3, -0.25) is 9.59 Å². The Kier molecular flexibility index (Phi) is 9.07. The monoisotopic (exact) mass is 594 g/mol. The summed E-state index contributed by atoms with van der Waals surface area (Å²) in [6.45, 7) is 2.24. The summed E-state index contributed by atoms with van der Waals surface area (Å²) in [6, 6.07) is 12.2. The van der Waals surface area contributed by atoms with Crippen LogP contribution in [0.5, 0.6) is 0 Å². The minimum atomic E-state index is -4.63. The first kappa shape index (κ1) is 30.8. The number of nitrogens with one attached hydrogen (secondary N) is 1. The number of benzene rings is 2. The average Bonchev–Trinajstić information content (AvgIpc) is 2.94. The number of aliphatic carboxylic acids is 1. The Morgan fingerprint density at radius 2 is 1.74 bits per heavy atom. The number of nitrogens with zero attached hydrogens (tertiary/aromatic N) is 3. The van der Waals surface area contributed by atoms with Gasteiger partial charge >= 0.3 is 18.3 Å². The molecule has 2 N–H and O–H groups in total. The Morgan fingerprint density at radius 1 is 1.02 bits per heavy atom. The van der Waals surface area contributed by atoms with E-state index in [9.17, 15) is 41.0 Å². The number of hydrogen-bond acceptors (Lipinski definition) is 5. The second kappa shape index (κ2) is 12.4. The first-order valence-electron chi connectivity index (χ1n) is 13.2. The highest BCUT2D eigenvalue weighted by Crippen LogP contribution is 2.34. The maximum absolute atomic E-state index is 13.2. The summed E-state index contributed by atoms with van der Waals surface area (Å²) < 4.78 is 78.0. The predicted molar refractivity (Wildman–Crippen MR) is 142 cm³/mol. The van der Waals surface area contributed by atoms with Crippen LogP contribution in [-0.2, 0) is 11.0 Å². The van der Waals surface area contributed by atoms with Crippen LogP contribution in [0.3, 0.4) is 0 Å². The first-order valence-corrected chi connectivity index (χ1v) is 13.2. The molecule has 1 unspecified atom stereocenters. The zero-order valence-electron chi connectivity index (χ0n) is 22.5. The van der Waals surface area contributed by atoms with E-state index in [2.05, 4.69) is 15.5 Å². The lowest BCUT2D eigenvalue weighted by Crippen LogP contribution is -2.42. The summed E-state index contributed by atoms with van der Waals surface area (Å²) in [5.74, 6) is -1.90. The molecule has 42 heavy (non-hydrogen) atoms. The normalized spacial score (nSPS) is 16.6. The maximum Gasteiger partial charge on any atom is 0.435 e. The molecule has 1 aromatic heterocycles. The summed E-state index contributed by atoms with van der Waals surface area (Å²) in [5, 5.41) is 19.3. The molecular formula is C29H28F6N4O3. The number of hydrogen-bond donors (Lipinski definition) is 2. The van der Waals surface area contributed by atoms with Gasteiger partial charge < -0.3 is 15.3 Å². The topological polar surface area (TPSA) is 95.4 Å². The molecule has 3 aromatic rings. The Morgan fingerprint density at radius 3 is 2.31 bits per heavy atom. The molecule has 0 spiro atoms. The number of likely N-dealkylation sites (tertiary alicyclic amines) is 1. The van der Waals surface area contributed by atoms with E-state index in [1.807, 2.05) is 0 Å². The molecule has 1 aliphatic heterocycles. The van der Waals surface area contributed by atoms with Crippen LogP contribution in [0, 0.1) is 12.8 Å². The molecule has 1 aliphatic rings. The molecule has 0 bridgehead atoms. The Labute approximate surface area is 237 Å². The lowest BCUT2D eigenvalue weighted by atomic mass is 9.94. The van der Waals surface area contributed by atoms with Crippen molar-refractivity contribution in [3.8, 4) is 11.3 Å². The van der Waals surface area contributed by atoms with Crippen LogP contribution in [0.2, 0.25) is 0 Å². The summed E-state index contributed by atoms with van der Waals surface area (Å²) in [7, 11) is 0. The molecule has 1 saturated heterocycles. The van der Waals surface area contributed by atoms with Crippen molar-refractivity contribution in [3.63, 3.8) is 0 Å². The van der Waals surface area contributed by atoms with Crippen molar-refractivity contribution >= 4 is 17.6 Å². The molecule has 4 rings (SSSR count). The van der Waals surface area contributed by atoms with Gasteiger partial charge in [-0.1, -0.05) is 12.1 Å². The van der Waals surface area contributed by atoms with Crippen molar-refractivity contribution < 1.29 is 41.0 Å². The number of halogens is 6. The Bertz CT molecular complexity index is 1410. The third-order valence-electron chi connectivity index (χ3n) is 7.14.